The summed E-state index contributed by atoms with van der Waals surface area (Å²) in [5.41, 5.74) is 0.975. The van der Waals surface area contributed by atoms with E-state index in [1.165, 1.54) is 18.2 Å². The van der Waals surface area contributed by atoms with Gasteiger partial charge in [-0.1, -0.05) is 0 Å². The minimum atomic E-state index is -0.677. The Labute approximate surface area is 128 Å². The molecule has 3 rings (SSSR count). The first-order valence-corrected chi connectivity index (χ1v) is 7.16. The van der Waals surface area contributed by atoms with Crippen molar-refractivity contribution in [3.63, 3.8) is 0 Å². The molecule has 0 fully saturated rings. The predicted molar refractivity (Wildman–Crippen MR) is 77.1 cm³/mol. The third-order valence-electron chi connectivity index (χ3n) is 3.28. The van der Waals surface area contributed by atoms with Gasteiger partial charge in [0.05, 0.1) is 12.2 Å². The summed E-state index contributed by atoms with van der Waals surface area (Å²) in [7, 11) is 0. The lowest BCUT2D eigenvalue weighted by atomic mass is 10.1. The molecule has 2 nitrogen and oxygen atoms in total. The maximum atomic E-state index is 13.7. The minimum Gasteiger partial charge on any atom is -0.488 e. The number of anilines is 1. The summed E-state index contributed by atoms with van der Waals surface area (Å²) in [6.07, 6.45) is 0.318. The Bertz CT molecular complexity index is 670. The molecule has 1 aliphatic heterocycles. The highest BCUT2D eigenvalue weighted by Gasteiger charge is 2.23. The zero-order valence-electron chi connectivity index (χ0n) is 10.8. The van der Waals surface area contributed by atoms with Gasteiger partial charge in [-0.15, -0.1) is 0 Å². The van der Waals surface area contributed by atoms with Crippen LogP contribution in [0, 0.1) is 17.5 Å². The summed E-state index contributed by atoms with van der Waals surface area (Å²) in [6, 6.07) is 6.35. The van der Waals surface area contributed by atoms with Crippen LogP contribution in [0.4, 0.5) is 18.9 Å². The van der Waals surface area contributed by atoms with Crippen LogP contribution in [0.1, 0.15) is 5.56 Å². The number of hydrogen-bond donors (Lipinski definition) is 1. The van der Waals surface area contributed by atoms with Gasteiger partial charge in [0.15, 0.2) is 0 Å². The van der Waals surface area contributed by atoms with Crippen LogP contribution in [0.15, 0.2) is 34.8 Å². The van der Waals surface area contributed by atoms with Gasteiger partial charge in [0.2, 0.25) is 0 Å². The molecule has 1 N–H and O–H groups in total. The molecule has 0 aliphatic carbocycles. The first kappa shape index (κ1) is 14.3. The number of benzene rings is 2. The molecule has 1 atom stereocenters. The Morgan fingerprint density at radius 2 is 1.95 bits per heavy atom. The standard InChI is InChI=1S/C15H11BrF3NO/c16-12-5-10(18)6-13(19)15(12)20-7-11-4-8-3-9(17)1-2-14(8)21-11/h1-3,5-6,11,20H,4,7H2. The zero-order chi connectivity index (χ0) is 15.0. The van der Waals surface area contributed by atoms with E-state index in [4.69, 9.17) is 4.74 Å². The van der Waals surface area contributed by atoms with E-state index in [-0.39, 0.29) is 17.6 Å². The molecule has 2 aromatic carbocycles. The van der Waals surface area contributed by atoms with Crippen molar-refractivity contribution in [1.82, 2.24) is 0 Å². The Hall–Kier alpha value is -1.69. The topological polar surface area (TPSA) is 21.3 Å². The first-order valence-electron chi connectivity index (χ1n) is 6.36. The van der Waals surface area contributed by atoms with Crippen LogP contribution >= 0.6 is 15.9 Å². The molecule has 0 spiro atoms. The van der Waals surface area contributed by atoms with Crippen LogP contribution in [0.5, 0.6) is 5.75 Å². The number of hydrogen-bond acceptors (Lipinski definition) is 2. The average molecular weight is 358 g/mol. The lowest BCUT2D eigenvalue weighted by Gasteiger charge is -2.14. The van der Waals surface area contributed by atoms with Crippen LogP contribution in [-0.2, 0) is 6.42 Å². The van der Waals surface area contributed by atoms with Crippen molar-refractivity contribution in [2.24, 2.45) is 0 Å². The Morgan fingerprint density at radius 3 is 2.71 bits per heavy atom. The van der Waals surface area contributed by atoms with Gasteiger partial charge >= 0.3 is 0 Å². The third-order valence-corrected chi connectivity index (χ3v) is 3.90. The van der Waals surface area contributed by atoms with Crippen molar-refractivity contribution in [3.05, 3.63) is 57.8 Å². The molecule has 1 heterocycles. The summed E-state index contributed by atoms with van der Waals surface area (Å²) in [5, 5.41) is 2.89. The fourth-order valence-corrected chi connectivity index (χ4v) is 2.88. The molecular weight excluding hydrogens is 347 g/mol. The lowest BCUT2D eigenvalue weighted by molar-refractivity contribution is 0.246. The number of rotatable bonds is 3. The molecule has 1 unspecified atom stereocenters. The summed E-state index contributed by atoms with van der Waals surface area (Å²) in [4.78, 5) is 0. The van der Waals surface area contributed by atoms with E-state index >= 15 is 0 Å². The van der Waals surface area contributed by atoms with Gasteiger partial charge in [0.1, 0.15) is 29.3 Å². The SMILES string of the molecule is Fc1cc(F)c(NCC2Cc3cc(F)ccc3O2)c(Br)c1. The third kappa shape index (κ3) is 3.00. The minimum absolute atomic E-state index is 0.183. The summed E-state index contributed by atoms with van der Waals surface area (Å²) in [6.45, 7) is 0.331. The van der Waals surface area contributed by atoms with Crippen molar-refractivity contribution < 1.29 is 17.9 Å². The summed E-state index contributed by atoms with van der Waals surface area (Å²) in [5.74, 6) is -0.992. The number of nitrogens with one attached hydrogen (secondary N) is 1. The molecule has 0 saturated carbocycles. The fraction of sp³-hybridized carbons (Fsp3) is 0.200. The quantitative estimate of drug-likeness (QED) is 0.884. The normalized spacial score (nSPS) is 16.5. The van der Waals surface area contributed by atoms with Gasteiger partial charge in [-0.3, -0.25) is 0 Å². The van der Waals surface area contributed by atoms with Gasteiger partial charge in [0.25, 0.3) is 0 Å². The Kier molecular flexibility index (Phi) is 3.80. The molecule has 110 valence electrons. The van der Waals surface area contributed by atoms with E-state index in [1.807, 2.05) is 0 Å². The Morgan fingerprint density at radius 1 is 1.14 bits per heavy atom. The van der Waals surface area contributed by atoms with Crippen LogP contribution < -0.4 is 10.1 Å². The van der Waals surface area contributed by atoms with Crippen molar-refractivity contribution in [2.45, 2.75) is 12.5 Å². The van der Waals surface area contributed by atoms with Crippen LogP contribution in [-0.4, -0.2) is 12.6 Å². The smallest absolute Gasteiger partial charge is 0.150 e. The number of halogens is 4. The average Bonchev–Trinajstić information content (AvgIpc) is 2.79. The molecule has 21 heavy (non-hydrogen) atoms. The predicted octanol–water partition coefficient (Wildman–Crippen LogP) is 4.28. The van der Waals surface area contributed by atoms with Crippen LogP contribution in [0.3, 0.4) is 0 Å². The molecule has 1 aliphatic rings. The van der Waals surface area contributed by atoms with E-state index in [9.17, 15) is 13.2 Å². The second-order valence-electron chi connectivity index (χ2n) is 4.82. The van der Waals surface area contributed by atoms with Crippen LogP contribution in [0.2, 0.25) is 0 Å². The van der Waals surface area contributed by atoms with Crippen molar-refractivity contribution in [3.8, 4) is 5.75 Å². The van der Waals surface area contributed by atoms with Gasteiger partial charge in [-0.2, -0.15) is 0 Å². The maximum absolute atomic E-state index is 13.7. The highest BCUT2D eigenvalue weighted by Crippen LogP contribution is 2.31. The second-order valence-corrected chi connectivity index (χ2v) is 5.68. The summed E-state index contributed by atoms with van der Waals surface area (Å²) < 4.78 is 45.8. The van der Waals surface area contributed by atoms with Crippen molar-refractivity contribution in [1.29, 1.82) is 0 Å². The molecular formula is C15H11BrF3NO. The molecule has 0 saturated heterocycles. The number of ether oxygens (including phenoxy) is 1. The van der Waals surface area contributed by atoms with E-state index in [0.29, 0.717) is 23.2 Å². The fourth-order valence-electron chi connectivity index (χ4n) is 2.33. The largest absolute Gasteiger partial charge is 0.488 e. The maximum Gasteiger partial charge on any atom is 0.150 e. The highest BCUT2D eigenvalue weighted by atomic mass is 79.9. The zero-order valence-corrected chi connectivity index (χ0v) is 12.4. The number of fused-ring (bicyclic) bond motifs is 1. The van der Waals surface area contributed by atoms with Crippen LogP contribution in [0.25, 0.3) is 0 Å². The van der Waals surface area contributed by atoms with Crippen molar-refractivity contribution >= 4 is 21.6 Å². The molecule has 2 aromatic rings. The van der Waals surface area contributed by atoms with Crippen molar-refractivity contribution in [2.75, 3.05) is 11.9 Å². The van der Waals surface area contributed by atoms with Gasteiger partial charge in [-0.05, 0) is 40.2 Å². The molecule has 0 bridgehead atoms. The Balaban J connectivity index is 1.68. The first-order chi connectivity index (χ1) is 10.0. The highest BCUT2D eigenvalue weighted by molar-refractivity contribution is 9.10. The monoisotopic (exact) mass is 357 g/mol. The molecule has 0 aromatic heterocycles. The van der Waals surface area contributed by atoms with Gasteiger partial charge < -0.3 is 10.1 Å². The van der Waals surface area contributed by atoms with E-state index in [2.05, 4.69) is 21.2 Å². The lowest BCUT2D eigenvalue weighted by Crippen LogP contribution is -2.24. The summed E-state index contributed by atoms with van der Waals surface area (Å²) >= 11 is 3.11. The molecule has 0 amide bonds. The molecule has 6 heteroatoms. The molecule has 0 radical (unpaired) electrons. The van der Waals surface area contributed by atoms with E-state index in [0.717, 1.165) is 11.6 Å². The van der Waals surface area contributed by atoms with E-state index < -0.39 is 11.6 Å². The van der Waals surface area contributed by atoms with Gasteiger partial charge in [0, 0.05) is 22.5 Å². The van der Waals surface area contributed by atoms with Gasteiger partial charge in [-0.25, -0.2) is 13.2 Å². The van der Waals surface area contributed by atoms with E-state index in [1.54, 1.807) is 6.07 Å². The second kappa shape index (κ2) is 5.60.